The topological polar surface area (TPSA) is 38.7 Å². The van der Waals surface area contributed by atoms with Gasteiger partial charge in [0.2, 0.25) is 0 Å². The Bertz CT molecular complexity index is 266. The maximum absolute atomic E-state index is 10.1. The molecule has 2 rings (SSSR count). The first-order valence-electron chi connectivity index (χ1n) is 4.97. The van der Waals surface area contributed by atoms with Crippen molar-refractivity contribution in [1.29, 1.82) is 0 Å². The molecule has 0 radical (unpaired) electrons. The smallest absolute Gasteiger partial charge is 0.183 e. The van der Waals surface area contributed by atoms with Gasteiger partial charge in [-0.3, -0.25) is 0 Å². The Morgan fingerprint density at radius 1 is 1.14 bits per heavy atom. The van der Waals surface area contributed by atoms with Gasteiger partial charge in [0.1, 0.15) is 0 Å². The zero-order valence-corrected chi connectivity index (χ0v) is 9.15. The maximum atomic E-state index is 10.1. The molecule has 2 bridgehead atoms. The lowest BCUT2D eigenvalue weighted by molar-refractivity contribution is -0.237. The van der Waals surface area contributed by atoms with Crippen LogP contribution in [-0.2, 0) is 9.47 Å². The Morgan fingerprint density at radius 3 is 2.00 bits per heavy atom. The van der Waals surface area contributed by atoms with E-state index in [2.05, 4.69) is 19.9 Å². The lowest BCUT2D eigenvalue weighted by Crippen LogP contribution is -2.41. The molecule has 1 N–H and O–H groups in total. The van der Waals surface area contributed by atoms with Gasteiger partial charge in [0.15, 0.2) is 5.79 Å². The van der Waals surface area contributed by atoms with E-state index < -0.39 is 11.9 Å². The minimum atomic E-state index is -0.650. The first-order chi connectivity index (χ1) is 6.50. The zero-order chi connectivity index (χ0) is 10.6. The number of hydrogen-bond acceptors (Lipinski definition) is 3. The van der Waals surface area contributed by atoms with Crippen LogP contribution in [0.25, 0.3) is 0 Å². The van der Waals surface area contributed by atoms with Crippen molar-refractivity contribution in [3.8, 4) is 0 Å². The molecular formula is C11H18O3. The second-order valence-corrected chi connectivity index (χ2v) is 4.78. The van der Waals surface area contributed by atoms with E-state index in [1.165, 1.54) is 0 Å². The fourth-order valence-corrected chi connectivity index (χ4v) is 3.05. The van der Waals surface area contributed by atoms with E-state index in [0.29, 0.717) is 0 Å². The third-order valence-corrected chi connectivity index (χ3v) is 3.95. The van der Waals surface area contributed by atoms with E-state index >= 15 is 0 Å². The molecule has 1 fully saturated rings. The highest BCUT2D eigenvalue weighted by Gasteiger charge is 2.66. The zero-order valence-electron chi connectivity index (χ0n) is 9.15. The summed E-state index contributed by atoms with van der Waals surface area (Å²) in [6, 6.07) is 0. The molecule has 80 valence electrons. The number of aliphatic hydroxyl groups excluding tert-OH is 1. The number of rotatable bonds is 2. The summed E-state index contributed by atoms with van der Waals surface area (Å²) in [6.07, 6.45) is 3.72. The summed E-state index contributed by atoms with van der Waals surface area (Å²) in [7, 11) is 3.29. The summed E-state index contributed by atoms with van der Waals surface area (Å²) in [5, 5.41) is 10.1. The van der Waals surface area contributed by atoms with E-state index in [1.54, 1.807) is 14.2 Å². The second-order valence-electron chi connectivity index (χ2n) is 4.78. The first-order valence-corrected chi connectivity index (χ1v) is 4.97. The molecular weight excluding hydrogens is 180 g/mol. The van der Waals surface area contributed by atoms with E-state index in [4.69, 9.17) is 9.47 Å². The van der Waals surface area contributed by atoms with Crippen LogP contribution in [0.4, 0.5) is 0 Å². The Balaban J connectivity index is 2.44. The highest BCUT2D eigenvalue weighted by molar-refractivity contribution is 5.26. The molecule has 0 saturated heterocycles. The fourth-order valence-electron chi connectivity index (χ4n) is 3.05. The lowest BCUT2D eigenvalue weighted by Gasteiger charge is -2.34. The van der Waals surface area contributed by atoms with Crippen LogP contribution in [-0.4, -0.2) is 31.2 Å². The number of hydrogen-bond donors (Lipinski definition) is 1. The quantitative estimate of drug-likeness (QED) is 0.535. The summed E-state index contributed by atoms with van der Waals surface area (Å²) in [4.78, 5) is 0. The van der Waals surface area contributed by atoms with E-state index in [-0.39, 0.29) is 17.3 Å². The van der Waals surface area contributed by atoms with Gasteiger partial charge < -0.3 is 14.6 Å². The molecule has 0 amide bonds. The Kier molecular flexibility index (Phi) is 2.04. The monoisotopic (exact) mass is 198 g/mol. The highest BCUT2D eigenvalue weighted by Crippen LogP contribution is 2.59. The molecule has 2 aliphatic rings. The van der Waals surface area contributed by atoms with Crippen LogP contribution < -0.4 is 0 Å². The predicted molar refractivity (Wildman–Crippen MR) is 52.7 cm³/mol. The summed E-state index contributed by atoms with van der Waals surface area (Å²) < 4.78 is 11.0. The predicted octanol–water partition coefficient (Wildman–Crippen LogP) is 1.18. The van der Waals surface area contributed by atoms with Gasteiger partial charge in [0.05, 0.1) is 12.0 Å². The minimum Gasteiger partial charge on any atom is -0.392 e. The standard InChI is InChI=1S/C11H18O3/c1-10(2)8-6-5-7(9(10)12)11(8,13-3)14-4/h5-9,12H,1-4H3/t7-,8+,9-/m0/s1. The average molecular weight is 198 g/mol. The van der Waals surface area contributed by atoms with Crippen LogP contribution in [0.2, 0.25) is 0 Å². The largest absolute Gasteiger partial charge is 0.392 e. The van der Waals surface area contributed by atoms with E-state index in [9.17, 15) is 5.11 Å². The molecule has 2 aliphatic carbocycles. The molecule has 14 heavy (non-hydrogen) atoms. The normalized spacial score (nSPS) is 41.9. The average Bonchev–Trinajstić information content (AvgIpc) is 2.60. The minimum absolute atomic E-state index is 0.0440. The van der Waals surface area contributed by atoms with E-state index in [0.717, 1.165) is 0 Å². The van der Waals surface area contributed by atoms with Crippen LogP contribution in [0.15, 0.2) is 12.2 Å². The van der Waals surface area contributed by atoms with Crippen molar-refractivity contribution >= 4 is 0 Å². The van der Waals surface area contributed by atoms with Crippen LogP contribution >= 0.6 is 0 Å². The summed E-state index contributed by atoms with van der Waals surface area (Å²) in [6.45, 7) is 4.11. The molecule has 0 spiro atoms. The van der Waals surface area contributed by atoms with Crippen molar-refractivity contribution in [2.45, 2.75) is 25.7 Å². The number of ether oxygens (including phenoxy) is 2. The SMILES string of the molecule is COC1(OC)[C@@H]2C=C[C@H]1[C@H](O)C2(C)C. The van der Waals surface area contributed by atoms with Crippen LogP contribution in [0.1, 0.15) is 13.8 Å². The molecule has 0 aromatic rings. The van der Waals surface area contributed by atoms with Crippen LogP contribution in [0.5, 0.6) is 0 Å². The third-order valence-electron chi connectivity index (χ3n) is 3.95. The molecule has 3 heteroatoms. The van der Waals surface area contributed by atoms with Crippen LogP contribution in [0.3, 0.4) is 0 Å². The first kappa shape index (κ1) is 10.1. The Labute approximate surface area is 84.7 Å². The van der Waals surface area contributed by atoms with Gasteiger partial charge in [-0.15, -0.1) is 0 Å². The molecule has 0 aromatic carbocycles. The fraction of sp³-hybridized carbons (Fsp3) is 0.818. The van der Waals surface area contributed by atoms with Gasteiger partial charge in [0, 0.05) is 25.6 Å². The molecule has 3 atom stereocenters. The Morgan fingerprint density at radius 2 is 1.71 bits per heavy atom. The highest BCUT2D eigenvalue weighted by atomic mass is 16.7. The van der Waals surface area contributed by atoms with Crippen molar-refractivity contribution in [3.05, 3.63) is 12.2 Å². The third kappa shape index (κ3) is 0.879. The summed E-state index contributed by atoms with van der Waals surface area (Å²) >= 11 is 0. The van der Waals surface area contributed by atoms with Crippen molar-refractivity contribution in [1.82, 2.24) is 0 Å². The van der Waals surface area contributed by atoms with Crippen molar-refractivity contribution in [2.75, 3.05) is 14.2 Å². The van der Waals surface area contributed by atoms with Gasteiger partial charge in [0.25, 0.3) is 0 Å². The number of fused-ring (bicyclic) bond motifs is 2. The second kappa shape index (κ2) is 2.81. The van der Waals surface area contributed by atoms with Crippen molar-refractivity contribution < 1.29 is 14.6 Å². The Hall–Kier alpha value is -0.380. The van der Waals surface area contributed by atoms with Gasteiger partial charge in [-0.2, -0.15) is 0 Å². The van der Waals surface area contributed by atoms with Crippen LogP contribution in [0, 0.1) is 17.3 Å². The summed E-state index contributed by atoms with van der Waals surface area (Å²) in [5.74, 6) is -0.564. The molecule has 0 unspecified atom stereocenters. The molecule has 0 heterocycles. The number of aliphatic hydroxyl groups is 1. The van der Waals surface area contributed by atoms with Gasteiger partial charge >= 0.3 is 0 Å². The van der Waals surface area contributed by atoms with Crippen molar-refractivity contribution in [2.24, 2.45) is 17.3 Å². The number of methoxy groups -OCH3 is 2. The lowest BCUT2D eigenvalue weighted by atomic mass is 9.77. The molecule has 0 aliphatic heterocycles. The van der Waals surface area contributed by atoms with Gasteiger partial charge in [-0.25, -0.2) is 0 Å². The molecule has 1 saturated carbocycles. The molecule has 0 aromatic heterocycles. The van der Waals surface area contributed by atoms with E-state index in [1.807, 2.05) is 6.08 Å². The maximum Gasteiger partial charge on any atom is 0.183 e. The molecule has 3 nitrogen and oxygen atoms in total. The summed E-state index contributed by atoms with van der Waals surface area (Å²) in [5.41, 5.74) is -0.175. The van der Waals surface area contributed by atoms with Crippen molar-refractivity contribution in [3.63, 3.8) is 0 Å². The van der Waals surface area contributed by atoms with Gasteiger partial charge in [-0.1, -0.05) is 26.0 Å². The van der Waals surface area contributed by atoms with Gasteiger partial charge in [-0.05, 0) is 0 Å².